The number of aromatic nitrogens is 1. The van der Waals surface area contributed by atoms with E-state index in [0.717, 1.165) is 29.9 Å². The topological polar surface area (TPSA) is 45.0 Å². The maximum absolute atomic E-state index is 11.8. The summed E-state index contributed by atoms with van der Waals surface area (Å²) in [4.78, 5) is 13.6. The minimum atomic E-state index is -0.0409. The van der Waals surface area contributed by atoms with Crippen LogP contribution in [0.25, 0.3) is 5.52 Å². The third-order valence-electron chi connectivity index (χ3n) is 3.23. The first kappa shape index (κ1) is 10.4. The summed E-state index contributed by atoms with van der Waals surface area (Å²) in [5, 5.41) is 9.41. The maximum atomic E-state index is 11.8. The van der Waals surface area contributed by atoms with Gasteiger partial charge in [0.25, 0.3) is 0 Å². The molecule has 1 aliphatic rings. The zero-order valence-electron chi connectivity index (χ0n) is 9.47. The Balaban J connectivity index is 2.22. The number of hydrogen-bond acceptors (Lipinski definition) is 2. The van der Waals surface area contributed by atoms with Crippen LogP contribution in [0, 0.1) is 0 Å². The number of aliphatic hydroxyl groups is 1. The Morgan fingerprint density at radius 3 is 2.94 bits per heavy atom. The van der Waals surface area contributed by atoms with Crippen molar-refractivity contribution in [3.8, 4) is 0 Å². The molecular weight excluding hydrogens is 216 g/mol. The first-order valence-corrected chi connectivity index (χ1v) is 5.81. The van der Waals surface area contributed by atoms with Gasteiger partial charge in [0.05, 0.1) is 6.61 Å². The molecule has 88 valence electrons. The number of fused-ring (bicyclic) bond motifs is 1. The zero-order chi connectivity index (χ0) is 11.8. The highest BCUT2D eigenvalue weighted by Crippen LogP contribution is 2.29. The van der Waals surface area contributed by atoms with E-state index in [0.29, 0.717) is 6.42 Å². The van der Waals surface area contributed by atoms with E-state index in [2.05, 4.69) is 0 Å². The summed E-state index contributed by atoms with van der Waals surface area (Å²) in [5.74, 6) is 0.967. The monoisotopic (exact) mass is 230 g/mol. The van der Waals surface area contributed by atoms with Crippen molar-refractivity contribution in [3.05, 3.63) is 36.0 Å². The van der Waals surface area contributed by atoms with Crippen molar-refractivity contribution < 1.29 is 9.90 Å². The molecule has 0 unspecified atom stereocenters. The molecule has 1 aliphatic heterocycles. The quantitative estimate of drug-likeness (QED) is 0.851. The Morgan fingerprint density at radius 1 is 1.35 bits per heavy atom. The fraction of sp³-hybridized carbons (Fsp3) is 0.308. The largest absolute Gasteiger partial charge is 0.392 e. The number of amides is 1. The SMILES string of the molecule is O=C1CCCN1c1c(CO)cc2ccccn12. The lowest BCUT2D eigenvalue weighted by atomic mass is 10.3. The third kappa shape index (κ3) is 1.52. The molecule has 4 heteroatoms. The molecule has 4 nitrogen and oxygen atoms in total. The lowest BCUT2D eigenvalue weighted by Gasteiger charge is -2.17. The van der Waals surface area contributed by atoms with Gasteiger partial charge < -0.3 is 9.51 Å². The molecule has 0 spiro atoms. The van der Waals surface area contributed by atoms with Crippen LogP contribution < -0.4 is 4.90 Å². The molecule has 0 aliphatic carbocycles. The fourth-order valence-corrected chi connectivity index (χ4v) is 2.46. The van der Waals surface area contributed by atoms with Gasteiger partial charge in [-0.1, -0.05) is 6.07 Å². The van der Waals surface area contributed by atoms with Gasteiger partial charge >= 0.3 is 0 Å². The van der Waals surface area contributed by atoms with Gasteiger partial charge in [0.1, 0.15) is 5.82 Å². The Morgan fingerprint density at radius 2 is 2.24 bits per heavy atom. The molecule has 3 rings (SSSR count). The van der Waals surface area contributed by atoms with E-state index in [9.17, 15) is 9.90 Å². The normalized spacial score (nSPS) is 16.1. The number of pyridine rings is 1. The Bertz CT molecular complexity index is 574. The van der Waals surface area contributed by atoms with E-state index in [1.165, 1.54) is 0 Å². The first-order valence-electron chi connectivity index (χ1n) is 5.81. The first-order chi connectivity index (χ1) is 8.31. The van der Waals surface area contributed by atoms with E-state index in [1.54, 1.807) is 4.90 Å². The molecule has 0 aromatic carbocycles. The summed E-state index contributed by atoms with van der Waals surface area (Å²) >= 11 is 0. The Kier molecular flexibility index (Phi) is 2.37. The van der Waals surface area contributed by atoms with Crippen molar-refractivity contribution in [1.29, 1.82) is 0 Å². The van der Waals surface area contributed by atoms with Gasteiger partial charge in [0.15, 0.2) is 0 Å². The van der Waals surface area contributed by atoms with Gasteiger partial charge in [0, 0.05) is 30.2 Å². The average Bonchev–Trinajstić information content (AvgIpc) is 2.91. The summed E-state index contributed by atoms with van der Waals surface area (Å²) in [7, 11) is 0. The molecule has 1 N–H and O–H groups in total. The van der Waals surface area contributed by atoms with E-state index in [1.807, 2.05) is 34.9 Å². The summed E-state index contributed by atoms with van der Waals surface area (Å²) in [6.07, 6.45) is 3.42. The van der Waals surface area contributed by atoms with Crippen molar-refractivity contribution in [3.63, 3.8) is 0 Å². The molecule has 0 atom stereocenters. The second-order valence-corrected chi connectivity index (χ2v) is 4.30. The van der Waals surface area contributed by atoms with Crippen LogP contribution in [0.3, 0.4) is 0 Å². The second kappa shape index (κ2) is 3.89. The molecule has 1 saturated heterocycles. The van der Waals surface area contributed by atoms with Crippen LogP contribution >= 0.6 is 0 Å². The van der Waals surface area contributed by atoms with Crippen LogP contribution in [0.2, 0.25) is 0 Å². The number of hydrogen-bond donors (Lipinski definition) is 1. The number of carbonyl (C=O) groups is 1. The molecular formula is C13H14N2O2. The van der Waals surface area contributed by atoms with Crippen molar-refractivity contribution >= 4 is 17.2 Å². The van der Waals surface area contributed by atoms with Crippen LogP contribution in [-0.4, -0.2) is 22.0 Å². The van der Waals surface area contributed by atoms with Crippen LogP contribution in [0.4, 0.5) is 5.82 Å². The van der Waals surface area contributed by atoms with E-state index >= 15 is 0 Å². The van der Waals surface area contributed by atoms with Gasteiger partial charge in [-0.25, -0.2) is 0 Å². The summed E-state index contributed by atoms with van der Waals surface area (Å²) in [6, 6.07) is 7.79. The van der Waals surface area contributed by atoms with E-state index in [4.69, 9.17) is 0 Å². The summed E-state index contributed by atoms with van der Waals surface area (Å²) < 4.78 is 1.97. The lowest BCUT2D eigenvalue weighted by molar-refractivity contribution is -0.117. The number of rotatable bonds is 2. The molecule has 0 radical (unpaired) electrons. The molecule has 3 heterocycles. The number of anilines is 1. The molecule has 0 saturated carbocycles. The van der Waals surface area contributed by atoms with Crippen LogP contribution in [-0.2, 0) is 11.4 Å². The van der Waals surface area contributed by atoms with Gasteiger partial charge in [0.2, 0.25) is 5.91 Å². The Hall–Kier alpha value is -1.81. The molecule has 1 amide bonds. The highest BCUT2D eigenvalue weighted by atomic mass is 16.3. The summed E-state index contributed by atoms with van der Waals surface area (Å²) in [6.45, 7) is 0.702. The number of aliphatic hydroxyl groups excluding tert-OH is 1. The van der Waals surface area contributed by atoms with Gasteiger partial charge in [-0.15, -0.1) is 0 Å². The van der Waals surface area contributed by atoms with Gasteiger partial charge in [-0.3, -0.25) is 9.69 Å². The van der Waals surface area contributed by atoms with Gasteiger partial charge in [-0.2, -0.15) is 0 Å². The Labute approximate surface area is 99.1 Å². The average molecular weight is 230 g/mol. The number of carbonyl (C=O) groups excluding carboxylic acids is 1. The minimum Gasteiger partial charge on any atom is -0.392 e. The molecule has 2 aromatic heterocycles. The standard InChI is InChI=1S/C13H14N2O2/c16-9-10-8-11-4-1-2-6-14(11)13(10)15-7-3-5-12(15)17/h1-2,4,6,8,16H,3,5,7,9H2. The lowest BCUT2D eigenvalue weighted by Crippen LogP contribution is -2.26. The predicted molar refractivity (Wildman–Crippen MR) is 64.9 cm³/mol. The predicted octanol–water partition coefficient (Wildman–Crippen LogP) is 1.56. The van der Waals surface area contributed by atoms with Crippen molar-refractivity contribution in [2.45, 2.75) is 19.4 Å². The van der Waals surface area contributed by atoms with E-state index < -0.39 is 0 Å². The maximum Gasteiger partial charge on any atom is 0.228 e. The smallest absolute Gasteiger partial charge is 0.228 e. The molecule has 0 bridgehead atoms. The summed E-state index contributed by atoms with van der Waals surface area (Å²) in [5.41, 5.74) is 1.82. The molecule has 1 fully saturated rings. The highest BCUT2D eigenvalue weighted by Gasteiger charge is 2.26. The van der Waals surface area contributed by atoms with Crippen LogP contribution in [0.5, 0.6) is 0 Å². The van der Waals surface area contributed by atoms with Crippen LogP contribution in [0.15, 0.2) is 30.5 Å². The number of nitrogens with zero attached hydrogens (tertiary/aromatic N) is 2. The molecule has 17 heavy (non-hydrogen) atoms. The highest BCUT2D eigenvalue weighted by molar-refractivity contribution is 5.96. The molecule has 2 aromatic rings. The fourth-order valence-electron chi connectivity index (χ4n) is 2.46. The van der Waals surface area contributed by atoms with Gasteiger partial charge in [-0.05, 0) is 24.6 Å². The van der Waals surface area contributed by atoms with Crippen LogP contribution in [0.1, 0.15) is 18.4 Å². The minimum absolute atomic E-state index is 0.0409. The second-order valence-electron chi connectivity index (χ2n) is 4.30. The van der Waals surface area contributed by atoms with Crippen molar-refractivity contribution in [1.82, 2.24) is 4.40 Å². The van der Waals surface area contributed by atoms with E-state index in [-0.39, 0.29) is 12.5 Å². The van der Waals surface area contributed by atoms with Crippen molar-refractivity contribution in [2.75, 3.05) is 11.4 Å². The zero-order valence-corrected chi connectivity index (χ0v) is 9.47. The van der Waals surface area contributed by atoms with Crippen molar-refractivity contribution in [2.24, 2.45) is 0 Å². The third-order valence-corrected chi connectivity index (χ3v) is 3.23.